The van der Waals surface area contributed by atoms with Crippen LogP contribution in [0, 0.1) is 0 Å². The minimum Gasteiger partial charge on any atom is -0.378 e. The number of ketones is 1. The van der Waals surface area contributed by atoms with Crippen LogP contribution in [0.2, 0.25) is 10.0 Å². The number of anilines is 2. The van der Waals surface area contributed by atoms with Crippen LogP contribution in [0.25, 0.3) is 0 Å². The predicted octanol–water partition coefficient (Wildman–Crippen LogP) is 3.47. The Morgan fingerprint density at radius 1 is 1.12 bits per heavy atom. The Morgan fingerprint density at radius 2 is 1.72 bits per heavy atom. The van der Waals surface area contributed by atoms with Crippen LogP contribution in [0.15, 0.2) is 36.4 Å². The van der Waals surface area contributed by atoms with Gasteiger partial charge in [-0.2, -0.15) is 0 Å². The SMILES string of the molecule is CN(C)c1ccc(C(=O)CC2(O)C(=O)Nc3c(Cl)ccc(Cl)c32)cc1. The number of nitrogens with zero attached hydrogens (tertiary/aromatic N) is 1. The third-order valence-electron chi connectivity index (χ3n) is 4.25. The van der Waals surface area contributed by atoms with Gasteiger partial charge in [0.25, 0.3) is 5.91 Å². The van der Waals surface area contributed by atoms with E-state index in [0.29, 0.717) is 5.56 Å². The summed E-state index contributed by atoms with van der Waals surface area (Å²) in [7, 11) is 3.79. The first kappa shape index (κ1) is 17.7. The molecule has 0 saturated heterocycles. The summed E-state index contributed by atoms with van der Waals surface area (Å²) in [5, 5.41) is 13.9. The molecule has 2 N–H and O–H groups in total. The van der Waals surface area contributed by atoms with Crippen LogP contribution in [0.1, 0.15) is 22.3 Å². The molecule has 0 bridgehead atoms. The van der Waals surface area contributed by atoms with Gasteiger partial charge >= 0.3 is 0 Å². The zero-order valence-electron chi connectivity index (χ0n) is 13.6. The molecule has 1 heterocycles. The number of benzene rings is 2. The van der Waals surface area contributed by atoms with E-state index < -0.39 is 17.9 Å². The summed E-state index contributed by atoms with van der Waals surface area (Å²) in [5.41, 5.74) is -0.316. The van der Waals surface area contributed by atoms with Crippen molar-refractivity contribution in [3.63, 3.8) is 0 Å². The Hall–Kier alpha value is -2.08. The van der Waals surface area contributed by atoms with Gasteiger partial charge in [-0.1, -0.05) is 23.2 Å². The highest BCUT2D eigenvalue weighted by atomic mass is 35.5. The molecule has 1 atom stereocenters. The van der Waals surface area contributed by atoms with Crippen molar-refractivity contribution >= 4 is 46.3 Å². The number of hydrogen-bond donors (Lipinski definition) is 2. The Labute approximate surface area is 155 Å². The van der Waals surface area contributed by atoms with Crippen LogP contribution in [0.3, 0.4) is 0 Å². The van der Waals surface area contributed by atoms with Crippen LogP contribution in [0.4, 0.5) is 11.4 Å². The van der Waals surface area contributed by atoms with E-state index >= 15 is 0 Å². The Bertz CT molecular complexity index is 865. The molecule has 1 amide bonds. The summed E-state index contributed by atoms with van der Waals surface area (Å²) in [6.45, 7) is 0. The summed E-state index contributed by atoms with van der Waals surface area (Å²) in [4.78, 5) is 26.8. The van der Waals surface area contributed by atoms with Gasteiger partial charge in [-0.25, -0.2) is 0 Å². The predicted molar refractivity (Wildman–Crippen MR) is 98.7 cm³/mol. The highest BCUT2D eigenvalue weighted by Gasteiger charge is 2.49. The third-order valence-corrected chi connectivity index (χ3v) is 4.88. The van der Waals surface area contributed by atoms with Gasteiger partial charge in [-0.15, -0.1) is 0 Å². The molecule has 130 valence electrons. The zero-order chi connectivity index (χ0) is 18.4. The Balaban J connectivity index is 1.94. The summed E-state index contributed by atoms with van der Waals surface area (Å²) in [5.74, 6) is -1.08. The van der Waals surface area contributed by atoms with Crippen LogP contribution < -0.4 is 10.2 Å². The lowest BCUT2D eigenvalue weighted by Gasteiger charge is -2.21. The van der Waals surface area contributed by atoms with Crippen LogP contribution >= 0.6 is 23.2 Å². The van der Waals surface area contributed by atoms with E-state index in [-0.39, 0.29) is 27.1 Å². The van der Waals surface area contributed by atoms with Crippen LogP contribution in [0.5, 0.6) is 0 Å². The molecule has 25 heavy (non-hydrogen) atoms. The number of nitrogens with one attached hydrogen (secondary N) is 1. The molecule has 7 heteroatoms. The van der Waals surface area contributed by atoms with Crippen molar-refractivity contribution in [1.82, 2.24) is 0 Å². The van der Waals surface area contributed by atoms with Gasteiger partial charge in [0.05, 0.1) is 17.1 Å². The second-order valence-electron chi connectivity index (χ2n) is 6.13. The first-order valence-electron chi connectivity index (χ1n) is 7.57. The quantitative estimate of drug-likeness (QED) is 0.799. The summed E-state index contributed by atoms with van der Waals surface area (Å²) >= 11 is 12.2. The fourth-order valence-electron chi connectivity index (χ4n) is 2.86. The number of halogens is 2. The largest absolute Gasteiger partial charge is 0.378 e. The summed E-state index contributed by atoms with van der Waals surface area (Å²) in [6.07, 6.45) is -0.423. The van der Waals surface area contributed by atoms with Gasteiger partial charge in [0.15, 0.2) is 11.4 Å². The Kier molecular flexibility index (Phi) is 4.49. The molecule has 0 radical (unpaired) electrons. The Morgan fingerprint density at radius 3 is 2.32 bits per heavy atom. The normalized spacial score (nSPS) is 18.7. The van der Waals surface area contributed by atoms with E-state index in [1.807, 2.05) is 19.0 Å². The van der Waals surface area contributed by atoms with Crippen LogP contribution in [-0.2, 0) is 10.4 Å². The number of Topliss-reactive ketones (excluding diaryl/α,β-unsaturated/α-hetero) is 1. The first-order chi connectivity index (χ1) is 11.7. The molecule has 0 saturated carbocycles. The van der Waals surface area contributed by atoms with Crippen molar-refractivity contribution in [3.05, 3.63) is 57.6 Å². The molecule has 2 aromatic rings. The van der Waals surface area contributed by atoms with Crippen LogP contribution in [-0.4, -0.2) is 30.9 Å². The average molecular weight is 379 g/mol. The monoisotopic (exact) mass is 378 g/mol. The van der Waals surface area contributed by atoms with E-state index in [0.717, 1.165) is 5.69 Å². The number of carbonyl (C=O) groups excluding carboxylic acids is 2. The summed E-state index contributed by atoms with van der Waals surface area (Å²) in [6, 6.07) is 9.93. The van der Waals surface area contributed by atoms with Crippen molar-refractivity contribution in [3.8, 4) is 0 Å². The topological polar surface area (TPSA) is 69.6 Å². The molecule has 0 spiro atoms. The maximum Gasteiger partial charge on any atom is 0.261 e. The molecule has 1 unspecified atom stereocenters. The molecule has 1 aliphatic rings. The molecule has 2 aromatic carbocycles. The molecule has 3 rings (SSSR count). The van der Waals surface area contributed by atoms with Crippen molar-refractivity contribution in [2.45, 2.75) is 12.0 Å². The van der Waals surface area contributed by atoms with E-state index in [9.17, 15) is 14.7 Å². The maximum atomic E-state index is 12.6. The minimum atomic E-state index is -2.05. The second-order valence-corrected chi connectivity index (χ2v) is 6.95. The van der Waals surface area contributed by atoms with Gasteiger partial charge in [0, 0.05) is 35.9 Å². The van der Waals surface area contributed by atoms with Crippen molar-refractivity contribution in [1.29, 1.82) is 0 Å². The standard InChI is InChI=1S/C18H16Cl2N2O3/c1-22(2)11-5-3-10(4-6-11)14(23)9-18(25)15-12(19)7-8-13(20)16(15)21-17(18)24/h3-8,25H,9H2,1-2H3,(H,21,24). The molecule has 0 fully saturated rings. The van der Waals surface area contributed by atoms with Crippen molar-refractivity contribution in [2.24, 2.45) is 0 Å². The highest BCUT2D eigenvalue weighted by Crippen LogP contribution is 2.46. The van der Waals surface area contributed by atoms with E-state index in [2.05, 4.69) is 5.32 Å². The van der Waals surface area contributed by atoms with E-state index in [1.54, 1.807) is 24.3 Å². The molecule has 1 aliphatic heterocycles. The second kappa shape index (κ2) is 6.33. The van der Waals surface area contributed by atoms with Gasteiger partial charge in [-0.05, 0) is 36.4 Å². The van der Waals surface area contributed by atoms with Gasteiger partial charge in [-0.3, -0.25) is 9.59 Å². The number of rotatable bonds is 4. The lowest BCUT2D eigenvalue weighted by Crippen LogP contribution is -2.36. The molecule has 5 nitrogen and oxygen atoms in total. The smallest absolute Gasteiger partial charge is 0.261 e. The average Bonchev–Trinajstić information content (AvgIpc) is 2.83. The number of fused-ring (bicyclic) bond motifs is 1. The lowest BCUT2D eigenvalue weighted by molar-refractivity contribution is -0.133. The number of hydrogen-bond acceptors (Lipinski definition) is 4. The van der Waals surface area contributed by atoms with Crippen molar-refractivity contribution < 1.29 is 14.7 Å². The number of carbonyl (C=O) groups is 2. The molecule has 0 aliphatic carbocycles. The first-order valence-corrected chi connectivity index (χ1v) is 8.32. The van der Waals surface area contributed by atoms with E-state index in [1.165, 1.54) is 12.1 Å². The lowest BCUT2D eigenvalue weighted by atomic mass is 9.88. The number of amides is 1. The highest BCUT2D eigenvalue weighted by molar-refractivity contribution is 6.38. The third kappa shape index (κ3) is 2.99. The minimum absolute atomic E-state index is 0.143. The molecule has 0 aromatic heterocycles. The van der Waals surface area contributed by atoms with Gasteiger partial charge in [0.1, 0.15) is 0 Å². The molecular formula is C18H16Cl2N2O3. The maximum absolute atomic E-state index is 12.6. The molecular weight excluding hydrogens is 363 g/mol. The zero-order valence-corrected chi connectivity index (χ0v) is 15.1. The number of aliphatic hydroxyl groups is 1. The van der Waals surface area contributed by atoms with Gasteiger partial charge < -0.3 is 15.3 Å². The van der Waals surface area contributed by atoms with E-state index in [4.69, 9.17) is 23.2 Å². The fourth-order valence-corrected chi connectivity index (χ4v) is 3.38. The van der Waals surface area contributed by atoms with Gasteiger partial charge in [0.2, 0.25) is 0 Å². The summed E-state index contributed by atoms with van der Waals surface area (Å²) < 4.78 is 0. The van der Waals surface area contributed by atoms with Crippen molar-refractivity contribution in [2.75, 3.05) is 24.3 Å². The fraction of sp³-hybridized carbons (Fsp3) is 0.222.